The van der Waals surface area contributed by atoms with Crippen LogP contribution in [0.5, 0.6) is 0 Å². The highest BCUT2D eigenvalue weighted by Gasteiger charge is 2.05. The van der Waals surface area contributed by atoms with Gasteiger partial charge in [0.2, 0.25) is 0 Å². The number of hydrogen-bond donors (Lipinski definition) is 0. The van der Waals surface area contributed by atoms with Crippen LogP contribution < -0.4 is 0 Å². The number of allylic oxidation sites excluding steroid dienone is 4. The molecule has 4 nitrogen and oxygen atoms in total. The van der Waals surface area contributed by atoms with Gasteiger partial charge >= 0.3 is 0 Å². The van der Waals surface area contributed by atoms with Crippen molar-refractivity contribution < 1.29 is 9.72 Å². The van der Waals surface area contributed by atoms with Crippen molar-refractivity contribution in [2.45, 2.75) is 6.92 Å². The minimum atomic E-state index is -0.456. The highest BCUT2D eigenvalue weighted by atomic mass is 16.6. The summed E-state index contributed by atoms with van der Waals surface area (Å²) in [7, 11) is 0. The smallest absolute Gasteiger partial charge is 0.270 e. The topological polar surface area (TPSA) is 60.2 Å². The highest BCUT2D eigenvalue weighted by Crippen LogP contribution is 2.16. The fourth-order valence-electron chi connectivity index (χ4n) is 2.05. The van der Waals surface area contributed by atoms with E-state index in [2.05, 4.69) is 0 Å². The summed E-state index contributed by atoms with van der Waals surface area (Å²) in [5.74, 6) is -0.140. The molecule has 0 aliphatic carbocycles. The molecule has 120 valence electrons. The Morgan fingerprint density at radius 2 is 1.71 bits per heavy atom. The van der Waals surface area contributed by atoms with E-state index in [1.807, 2.05) is 36.4 Å². The van der Waals surface area contributed by atoms with Crippen LogP contribution in [0.25, 0.3) is 12.2 Å². The summed E-state index contributed by atoms with van der Waals surface area (Å²) in [6, 6.07) is 16.0. The summed E-state index contributed by atoms with van der Waals surface area (Å²) >= 11 is 0. The van der Waals surface area contributed by atoms with E-state index < -0.39 is 4.92 Å². The summed E-state index contributed by atoms with van der Waals surface area (Å²) in [4.78, 5) is 22.4. The van der Waals surface area contributed by atoms with E-state index in [0.29, 0.717) is 11.1 Å². The van der Waals surface area contributed by atoms with Gasteiger partial charge in [-0.2, -0.15) is 0 Å². The van der Waals surface area contributed by atoms with Gasteiger partial charge in [0.1, 0.15) is 0 Å². The summed E-state index contributed by atoms with van der Waals surface area (Å²) in [5.41, 5.74) is 2.20. The zero-order chi connectivity index (χ0) is 17.4. The monoisotopic (exact) mass is 319 g/mol. The fourth-order valence-corrected chi connectivity index (χ4v) is 2.05. The van der Waals surface area contributed by atoms with Gasteiger partial charge in [0.15, 0.2) is 5.78 Å². The lowest BCUT2D eigenvalue weighted by molar-refractivity contribution is -0.384. The third-order valence-corrected chi connectivity index (χ3v) is 3.30. The fraction of sp³-hybridized carbons (Fsp3) is 0.0500. The van der Waals surface area contributed by atoms with Crippen molar-refractivity contribution in [3.63, 3.8) is 0 Å². The van der Waals surface area contributed by atoms with Gasteiger partial charge in [-0.05, 0) is 35.8 Å². The number of nitrogens with zero attached hydrogens (tertiary/aromatic N) is 1. The molecule has 0 atom stereocenters. The number of rotatable bonds is 6. The Morgan fingerprint density at radius 1 is 1.00 bits per heavy atom. The zero-order valence-corrected chi connectivity index (χ0v) is 13.3. The van der Waals surface area contributed by atoms with Crippen LogP contribution in [0.3, 0.4) is 0 Å². The first kappa shape index (κ1) is 17.1. The maximum atomic E-state index is 12.1. The molecule has 4 heteroatoms. The molecule has 0 bridgehead atoms. The molecule has 0 unspecified atom stereocenters. The van der Waals surface area contributed by atoms with Crippen molar-refractivity contribution in [3.05, 3.63) is 99.6 Å². The third-order valence-electron chi connectivity index (χ3n) is 3.30. The van der Waals surface area contributed by atoms with Gasteiger partial charge in [0.05, 0.1) is 4.92 Å². The Hall–Kier alpha value is -3.27. The molecule has 0 amide bonds. The second-order valence-electron chi connectivity index (χ2n) is 5.17. The van der Waals surface area contributed by atoms with E-state index >= 15 is 0 Å². The quantitative estimate of drug-likeness (QED) is 0.331. The van der Waals surface area contributed by atoms with E-state index in [1.165, 1.54) is 18.2 Å². The molecule has 0 N–H and O–H groups in total. The highest BCUT2D eigenvalue weighted by molar-refractivity contribution is 6.06. The average Bonchev–Trinajstić information content (AvgIpc) is 2.59. The van der Waals surface area contributed by atoms with Crippen LogP contribution in [-0.2, 0) is 4.79 Å². The number of carbonyl (C=O) groups excluding carboxylic acids is 1. The van der Waals surface area contributed by atoms with Crippen molar-refractivity contribution in [2.24, 2.45) is 0 Å². The normalized spacial score (nSPS) is 12.0. The molecule has 0 spiro atoms. The molecule has 0 radical (unpaired) electrons. The van der Waals surface area contributed by atoms with Crippen LogP contribution in [0.1, 0.15) is 18.1 Å². The molecule has 24 heavy (non-hydrogen) atoms. The van der Waals surface area contributed by atoms with Crippen molar-refractivity contribution >= 4 is 23.6 Å². The van der Waals surface area contributed by atoms with E-state index in [-0.39, 0.29) is 11.5 Å². The van der Waals surface area contributed by atoms with Crippen molar-refractivity contribution in [1.29, 1.82) is 0 Å². The van der Waals surface area contributed by atoms with E-state index in [1.54, 1.807) is 37.3 Å². The lowest BCUT2D eigenvalue weighted by Crippen LogP contribution is -1.94. The van der Waals surface area contributed by atoms with Gasteiger partial charge in [-0.15, -0.1) is 0 Å². The molecule has 0 fully saturated rings. The molecule has 0 saturated heterocycles. The Bertz CT molecular complexity index is 818. The largest absolute Gasteiger partial charge is 0.290 e. The zero-order valence-electron chi connectivity index (χ0n) is 13.3. The van der Waals surface area contributed by atoms with Gasteiger partial charge in [0, 0.05) is 12.1 Å². The van der Waals surface area contributed by atoms with E-state index in [9.17, 15) is 14.9 Å². The SMILES string of the molecule is CC(=Cc1cccc([N+](=O)[O-])c1)C(=O)C=CC=Cc1ccccc1. The van der Waals surface area contributed by atoms with E-state index in [0.717, 1.165) is 5.56 Å². The summed E-state index contributed by atoms with van der Waals surface area (Å²) < 4.78 is 0. The average molecular weight is 319 g/mol. The van der Waals surface area contributed by atoms with Gasteiger partial charge in [-0.3, -0.25) is 14.9 Å². The molecular weight excluding hydrogens is 302 g/mol. The number of nitro groups is 1. The van der Waals surface area contributed by atoms with Crippen molar-refractivity contribution in [3.8, 4) is 0 Å². The molecule has 2 aromatic carbocycles. The molecular formula is C20H17NO3. The van der Waals surface area contributed by atoms with Gasteiger partial charge < -0.3 is 0 Å². The predicted molar refractivity (Wildman–Crippen MR) is 96.4 cm³/mol. The first-order valence-electron chi connectivity index (χ1n) is 7.43. The maximum Gasteiger partial charge on any atom is 0.270 e. The maximum absolute atomic E-state index is 12.1. The summed E-state index contributed by atoms with van der Waals surface area (Å²) in [6.45, 7) is 1.69. The molecule has 0 aliphatic heterocycles. The first-order valence-corrected chi connectivity index (χ1v) is 7.43. The second-order valence-corrected chi connectivity index (χ2v) is 5.17. The van der Waals surface area contributed by atoms with Gasteiger partial charge in [-0.1, -0.05) is 60.7 Å². The molecule has 0 aliphatic rings. The number of ketones is 1. The van der Waals surface area contributed by atoms with Gasteiger partial charge in [0.25, 0.3) is 5.69 Å². The Kier molecular flexibility index (Phi) is 5.97. The lowest BCUT2D eigenvalue weighted by atomic mass is 10.1. The minimum Gasteiger partial charge on any atom is -0.290 e. The molecule has 2 rings (SSSR count). The predicted octanol–water partition coefficient (Wildman–Crippen LogP) is 4.84. The van der Waals surface area contributed by atoms with Crippen LogP contribution in [0.4, 0.5) is 5.69 Å². The third kappa shape index (κ3) is 5.18. The van der Waals surface area contributed by atoms with Crippen molar-refractivity contribution in [2.75, 3.05) is 0 Å². The Morgan fingerprint density at radius 3 is 2.42 bits per heavy atom. The lowest BCUT2D eigenvalue weighted by Gasteiger charge is -1.97. The summed E-state index contributed by atoms with van der Waals surface area (Å²) in [5, 5.41) is 10.8. The second kappa shape index (κ2) is 8.39. The number of benzene rings is 2. The van der Waals surface area contributed by atoms with Gasteiger partial charge in [-0.25, -0.2) is 0 Å². The van der Waals surface area contributed by atoms with Crippen LogP contribution in [0.15, 0.2) is 78.4 Å². The van der Waals surface area contributed by atoms with Crippen LogP contribution >= 0.6 is 0 Å². The molecule has 0 aromatic heterocycles. The molecule has 0 heterocycles. The van der Waals surface area contributed by atoms with Crippen LogP contribution in [0, 0.1) is 10.1 Å². The van der Waals surface area contributed by atoms with Crippen LogP contribution in [-0.4, -0.2) is 10.7 Å². The van der Waals surface area contributed by atoms with Crippen LogP contribution in [0.2, 0.25) is 0 Å². The molecule has 0 saturated carbocycles. The Balaban J connectivity index is 2.03. The standard InChI is InChI=1S/C20H17NO3/c1-16(14-18-11-7-12-19(15-18)21(23)24)20(22)13-6-5-10-17-8-3-2-4-9-17/h2-15H,1H3. The number of carbonyl (C=O) groups is 1. The number of hydrogen-bond acceptors (Lipinski definition) is 3. The number of non-ortho nitro benzene ring substituents is 1. The molecule has 2 aromatic rings. The van der Waals surface area contributed by atoms with Crippen molar-refractivity contribution in [1.82, 2.24) is 0 Å². The van der Waals surface area contributed by atoms with E-state index in [4.69, 9.17) is 0 Å². The number of nitro benzene ring substituents is 1. The Labute approximate surface area is 140 Å². The first-order chi connectivity index (χ1) is 11.6. The summed E-state index contributed by atoms with van der Waals surface area (Å²) in [6.07, 6.45) is 8.50. The minimum absolute atomic E-state index is 0.00494.